The fourth-order valence-corrected chi connectivity index (χ4v) is 3.01. The second kappa shape index (κ2) is 8.60. The third-order valence-electron chi connectivity index (χ3n) is 3.39. The molecule has 0 fully saturated rings. The Bertz CT molecular complexity index is 567. The van der Waals surface area contributed by atoms with Gasteiger partial charge in [0.1, 0.15) is 0 Å². The Labute approximate surface area is 147 Å². The van der Waals surface area contributed by atoms with Gasteiger partial charge in [0.15, 0.2) is 6.10 Å². The molecule has 0 N–H and O–H groups in total. The smallest absolute Gasteiger partial charge is 0.340 e. The highest BCUT2D eigenvalue weighted by molar-refractivity contribution is 7.98. The Hall–Kier alpha value is -1.20. The summed E-state index contributed by atoms with van der Waals surface area (Å²) in [5, 5.41) is 0.317. The van der Waals surface area contributed by atoms with Crippen molar-refractivity contribution in [1.82, 2.24) is 4.90 Å². The van der Waals surface area contributed by atoms with Crippen LogP contribution in [0.15, 0.2) is 23.1 Å². The van der Waals surface area contributed by atoms with E-state index in [9.17, 15) is 9.59 Å². The lowest BCUT2D eigenvalue weighted by Crippen LogP contribution is -2.47. The van der Waals surface area contributed by atoms with Gasteiger partial charge >= 0.3 is 5.97 Å². The molecule has 0 spiro atoms. The van der Waals surface area contributed by atoms with Gasteiger partial charge in [-0.1, -0.05) is 11.6 Å². The first-order valence-electron chi connectivity index (χ1n) is 7.55. The predicted octanol–water partition coefficient (Wildman–Crippen LogP) is 4.25. The van der Waals surface area contributed by atoms with Gasteiger partial charge in [0.05, 0.1) is 10.6 Å². The quantitative estimate of drug-likeness (QED) is 0.564. The maximum absolute atomic E-state index is 12.5. The molecule has 0 saturated heterocycles. The Morgan fingerprint density at radius 1 is 1.13 bits per heavy atom. The van der Waals surface area contributed by atoms with E-state index in [1.54, 1.807) is 24.0 Å². The SMILES string of the molecule is CSc1ccc(Cl)c(C(=O)OC(C)C(=O)N(C(C)C)C(C)C)c1. The molecule has 1 rings (SSSR count). The zero-order valence-electron chi connectivity index (χ0n) is 14.4. The molecular formula is C17H24ClNO3S. The highest BCUT2D eigenvalue weighted by Gasteiger charge is 2.28. The molecule has 0 bridgehead atoms. The van der Waals surface area contributed by atoms with Crippen LogP contribution in [0.25, 0.3) is 0 Å². The first-order chi connectivity index (χ1) is 10.7. The van der Waals surface area contributed by atoms with E-state index >= 15 is 0 Å². The largest absolute Gasteiger partial charge is 0.449 e. The number of carbonyl (C=O) groups is 2. The molecular weight excluding hydrogens is 334 g/mol. The number of nitrogens with zero attached hydrogens (tertiary/aromatic N) is 1. The van der Waals surface area contributed by atoms with Gasteiger partial charge in [-0.25, -0.2) is 4.79 Å². The van der Waals surface area contributed by atoms with Gasteiger partial charge in [0, 0.05) is 17.0 Å². The number of amides is 1. The summed E-state index contributed by atoms with van der Waals surface area (Å²) in [6, 6.07) is 5.23. The van der Waals surface area contributed by atoms with Gasteiger partial charge in [-0.05, 0) is 59.1 Å². The Balaban J connectivity index is 2.90. The van der Waals surface area contributed by atoms with Crippen LogP contribution >= 0.6 is 23.4 Å². The zero-order chi connectivity index (χ0) is 17.7. The maximum atomic E-state index is 12.5. The molecule has 0 aliphatic rings. The number of hydrogen-bond acceptors (Lipinski definition) is 4. The minimum absolute atomic E-state index is 0.0343. The molecule has 1 aromatic carbocycles. The van der Waals surface area contributed by atoms with Crippen LogP contribution < -0.4 is 0 Å². The van der Waals surface area contributed by atoms with Crippen molar-refractivity contribution in [2.24, 2.45) is 0 Å². The molecule has 1 atom stereocenters. The van der Waals surface area contributed by atoms with Gasteiger partial charge in [-0.2, -0.15) is 0 Å². The number of carbonyl (C=O) groups excluding carboxylic acids is 2. The predicted molar refractivity (Wildman–Crippen MR) is 95.2 cm³/mol. The summed E-state index contributed by atoms with van der Waals surface area (Å²) in [4.78, 5) is 27.5. The minimum Gasteiger partial charge on any atom is -0.449 e. The topological polar surface area (TPSA) is 46.6 Å². The molecule has 4 nitrogen and oxygen atoms in total. The molecule has 0 heterocycles. The summed E-state index contributed by atoms with van der Waals surface area (Å²) in [5.74, 6) is -0.792. The Morgan fingerprint density at radius 2 is 1.70 bits per heavy atom. The lowest BCUT2D eigenvalue weighted by atomic mass is 10.2. The van der Waals surface area contributed by atoms with Crippen LogP contribution in [0.4, 0.5) is 0 Å². The van der Waals surface area contributed by atoms with E-state index in [1.165, 1.54) is 11.8 Å². The highest BCUT2D eigenvalue weighted by Crippen LogP contribution is 2.24. The van der Waals surface area contributed by atoms with Crippen molar-refractivity contribution >= 4 is 35.2 Å². The summed E-state index contributed by atoms with van der Waals surface area (Å²) in [5.41, 5.74) is 0.277. The molecule has 128 valence electrons. The van der Waals surface area contributed by atoms with Crippen LogP contribution in [-0.4, -0.2) is 41.2 Å². The van der Waals surface area contributed by atoms with E-state index < -0.39 is 12.1 Å². The van der Waals surface area contributed by atoms with E-state index in [0.717, 1.165) is 4.90 Å². The van der Waals surface area contributed by atoms with Crippen LogP contribution in [0.5, 0.6) is 0 Å². The van der Waals surface area contributed by atoms with Crippen molar-refractivity contribution in [1.29, 1.82) is 0 Å². The molecule has 1 amide bonds. The number of benzene rings is 1. The van der Waals surface area contributed by atoms with E-state index in [1.807, 2.05) is 40.0 Å². The van der Waals surface area contributed by atoms with E-state index in [4.69, 9.17) is 16.3 Å². The molecule has 23 heavy (non-hydrogen) atoms. The first-order valence-corrected chi connectivity index (χ1v) is 9.16. The minimum atomic E-state index is -0.860. The van der Waals surface area contributed by atoms with Crippen molar-refractivity contribution in [2.75, 3.05) is 6.26 Å². The van der Waals surface area contributed by atoms with Crippen LogP contribution in [0, 0.1) is 0 Å². The van der Waals surface area contributed by atoms with Crippen molar-refractivity contribution in [3.8, 4) is 0 Å². The number of thioether (sulfide) groups is 1. The lowest BCUT2D eigenvalue weighted by molar-refractivity contribution is -0.143. The number of ether oxygens (including phenoxy) is 1. The summed E-state index contributed by atoms with van der Waals surface area (Å²) >= 11 is 7.57. The molecule has 1 unspecified atom stereocenters. The van der Waals surface area contributed by atoms with Gasteiger partial charge in [-0.3, -0.25) is 4.79 Å². The second-order valence-electron chi connectivity index (χ2n) is 5.83. The second-order valence-corrected chi connectivity index (χ2v) is 7.11. The van der Waals surface area contributed by atoms with Crippen LogP contribution in [0.1, 0.15) is 45.0 Å². The zero-order valence-corrected chi connectivity index (χ0v) is 16.0. The maximum Gasteiger partial charge on any atom is 0.340 e. The number of rotatable bonds is 6. The summed E-state index contributed by atoms with van der Waals surface area (Å²) in [7, 11) is 0. The van der Waals surface area contributed by atoms with Gasteiger partial charge in [-0.15, -0.1) is 11.8 Å². The lowest BCUT2D eigenvalue weighted by Gasteiger charge is -2.32. The Kier molecular flexibility index (Phi) is 7.42. The monoisotopic (exact) mass is 357 g/mol. The van der Waals surface area contributed by atoms with Crippen molar-refractivity contribution < 1.29 is 14.3 Å². The molecule has 0 radical (unpaired) electrons. The number of esters is 1. The summed E-state index contributed by atoms with van der Waals surface area (Å²) in [6.45, 7) is 9.33. The summed E-state index contributed by atoms with van der Waals surface area (Å²) in [6.07, 6.45) is 1.05. The Morgan fingerprint density at radius 3 is 2.17 bits per heavy atom. The first kappa shape index (κ1) is 19.8. The van der Waals surface area contributed by atoms with E-state index in [-0.39, 0.29) is 23.6 Å². The van der Waals surface area contributed by atoms with E-state index in [0.29, 0.717) is 5.02 Å². The standard InChI is InChI=1S/C17H24ClNO3S/c1-10(2)19(11(3)4)16(20)12(5)22-17(21)14-9-13(23-6)7-8-15(14)18/h7-12H,1-6H3. The highest BCUT2D eigenvalue weighted by atomic mass is 35.5. The van der Waals surface area contributed by atoms with Crippen LogP contribution in [0.2, 0.25) is 5.02 Å². The molecule has 0 saturated carbocycles. The van der Waals surface area contributed by atoms with Crippen molar-refractivity contribution in [3.05, 3.63) is 28.8 Å². The average Bonchev–Trinajstić information content (AvgIpc) is 2.46. The third-order valence-corrected chi connectivity index (χ3v) is 4.45. The fourth-order valence-electron chi connectivity index (χ4n) is 2.38. The van der Waals surface area contributed by atoms with Crippen molar-refractivity contribution in [3.63, 3.8) is 0 Å². The average molecular weight is 358 g/mol. The normalized spacial score (nSPS) is 12.4. The van der Waals surface area contributed by atoms with Crippen LogP contribution in [-0.2, 0) is 9.53 Å². The summed E-state index contributed by atoms with van der Waals surface area (Å²) < 4.78 is 5.34. The van der Waals surface area contributed by atoms with Gasteiger partial charge in [0.25, 0.3) is 5.91 Å². The fraction of sp³-hybridized carbons (Fsp3) is 0.529. The van der Waals surface area contributed by atoms with Gasteiger partial charge in [0.2, 0.25) is 0 Å². The molecule has 0 aromatic heterocycles. The molecule has 0 aliphatic carbocycles. The third kappa shape index (κ3) is 5.15. The van der Waals surface area contributed by atoms with E-state index in [2.05, 4.69) is 0 Å². The molecule has 0 aliphatic heterocycles. The molecule has 1 aromatic rings. The molecule has 6 heteroatoms. The number of hydrogen-bond donors (Lipinski definition) is 0. The van der Waals surface area contributed by atoms with Gasteiger partial charge < -0.3 is 9.64 Å². The van der Waals surface area contributed by atoms with Crippen LogP contribution in [0.3, 0.4) is 0 Å². The number of halogens is 1. The van der Waals surface area contributed by atoms with Crippen molar-refractivity contribution in [2.45, 2.75) is 57.7 Å².